The number of hydrogen-bond acceptors (Lipinski definition) is 1. The summed E-state index contributed by atoms with van der Waals surface area (Å²) < 4.78 is 25.9. The van der Waals surface area contributed by atoms with Gasteiger partial charge in [-0.05, 0) is 24.6 Å². The molecule has 0 heterocycles. The van der Waals surface area contributed by atoms with Crippen LogP contribution in [0, 0.1) is 11.6 Å². The van der Waals surface area contributed by atoms with E-state index >= 15 is 0 Å². The second-order valence-electron chi connectivity index (χ2n) is 3.03. The average molecular weight is 197 g/mol. The molecule has 2 N–H and O–H groups in total. The first-order chi connectivity index (χ1) is 6.67. The highest BCUT2D eigenvalue weighted by Gasteiger charge is 2.01. The van der Waals surface area contributed by atoms with Gasteiger partial charge in [-0.25, -0.2) is 8.78 Å². The van der Waals surface area contributed by atoms with Crippen LogP contribution in [0.3, 0.4) is 0 Å². The lowest BCUT2D eigenvalue weighted by Gasteiger charge is -2.02. The highest BCUT2D eigenvalue weighted by molar-refractivity contribution is 5.53. The van der Waals surface area contributed by atoms with Gasteiger partial charge in [-0.15, -0.1) is 0 Å². The Morgan fingerprint density at radius 3 is 2.71 bits per heavy atom. The maximum absolute atomic E-state index is 13.2. The number of nitrogens with two attached hydrogens (primary N) is 1. The molecule has 1 aromatic rings. The van der Waals surface area contributed by atoms with Crippen molar-refractivity contribution in [2.75, 3.05) is 6.54 Å². The number of rotatable bonds is 3. The third kappa shape index (κ3) is 2.64. The summed E-state index contributed by atoms with van der Waals surface area (Å²) in [6.45, 7) is 2.29. The monoisotopic (exact) mass is 197 g/mol. The van der Waals surface area contributed by atoms with E-state index in [-0.39, 0.29) is 5.56 Å². The van der Waals surface area contributed by atoms with Gasteiger partial charge in [0.15, 0.2) is 0 Å². The van der Waals surface area contributed by atoms with E-state index in [9.17, 15) is 8.78 Å². The van der Waals surface area contributed by atoms with Crippen molar-refractivity contribution in [3.05, 3.63) is 41.0 Å². The second kappa shape index (κ2) is 4.86. The molecule has 0 fully saturated rings. The van der Waals surface area contributed by atoms with Gasteiger partial charge in [0, 0.05) is 12.1 Å². The summed E-state index contributed by atoms with van der Waals surface area (Å²) in [5.74, 6) is -0.865. The smallest absolute Gasteiger partial charge is 0.130 e. The molecule has 0 spiro atoms. The molecule has 0 aliphatic heterocycles. The van der Waals surface area contributed by atoms with Crippen LogP contribution in [0.1, 0.15) is 18.9 Å². The number of hydrogen-bond donors (Lipinski definition) is 1. The Kier molecular flexibility index (Phi) is 3.77. The van der Waals surface area contributed by atoms with Crippen LogP contribution in [0.25, 0.3) is 6.08 Å². The Hall–Kier alpha value is -1.22. The Labute approximate surface area is 82.2 Å². The molecular formula is C11H13F2N. The van der Waals surface area contributed by atoms with Crippen molar-refractivity contribution >= 4 is 6.08 Å². The summed E-state index contributed by atoms with van der Waals surface area (Å²) in [6.07, 6.45) is 2.34. The van der Waals surface area contributed by atoms with Crippen LogP contribution in [0.5, 0.6) is 0 Å². The van der Waals surface area contributed by atoms with Crippen molar-refractivity contribution in [3.63, 3.8) is 0 Å². The molecule has 1 aromatic carbocycles. The Morgan fingerprint density at radius 2 is 2.14 bits per heavy atom. The molecule has 0 aromatic heterocycles. The average Bonchev–Trinajstić information content (AvgIpc) is 2.19. The molecule has 0 amide bonds. The minimum atomic E-state index is -0.440. The Bertz CT molecular complexity index is 339. The zero-order valence-corrected chi connectivity index (χ0v) is 8.06. The Morgan fingerprint density at radius 1 is 1.43 bits per heavy atom. The van der Waals surface area contributed by atoms with Crippen LogP contribution in [0.4, 0.5) is 8.78 Å². The molecule has 1 nitrogen and oxygen atoms in total. The fourth-order valence-electron chi connectivity index (χ4n) is 1.15. The van der Waals surface area contributed by atoms with Gasteiger partial charge in [0.1, 0.15) is 11.6 Å². The minimum absolute atomic E-state index is 0.257. The molecular weight excluding hydrogens is 184 g/mol. The molecule has 0 bridgehead atoms. The molecule has 0 aliphatic carbocycles. The van der Waals surface area contributed by atoms with Crippen LogP contribution >= 0.6 is 0 Å². The van der Waals surface area contributed by atoms with Crippen LogP contribution in [0.15, 0.2) is 23.8 Å². The summed E-state index contributed by atoms with van der Waals surface area (Å²) >= 11 is 0. The van der Waals surface area contributed by atoms with Crippen molar-refractivity contribution in [1.29, 1.82) is 0 Å². The van der Waals surface area contributed by atoms with E-state index in [0.717, 1.165) is 24.1 Å². The maximum Gasteiger partial charge on any atom is 0.130 e. The van der Waals surface area contributed by atoms with Gasteiger partial charge in [0.05, 0.1) is 0 Å². The van der Waals surface area contributed by atoms with Crippen molar-refractivity contribution < 1.29 is 8.78 Å². The molecule has 0 saturated carbocycles. The van der Waals surface area contributed by atoms with E-state index in [1.54, 1.807) is 6.08 Å². The lowest BCUT2D eigenvalue weighted by molar-refractivity contribution is 0.597. The maximum atomic E-state index is 13.2. The second-order valence-corrected chi connectivity index (χ2v) is 3.03. The first kappa shape index (κ1) is 10.9. The van der Waals surface area contributed by atoms with Crippen molar-refractivity contribution in [3.8, 4) is 0 Å². The standard InChI is InChI=1S/C11H13F2N/c1-2-8(7-14)5-9-6-10(12)3-4-11(9)13/h3-6H,2,7,14H2,1H3/b8-5-. The topological polar surface area (TPSA) is 26.0 Å². The highest BCUT2D eigenvalue weighted by atomic mass is 19.1. The largest absolute Gasteiger partial charge is 0.327 e. The van der Waals surface area contributed by atoms with Crippen molar-refractivity contribution in [2.24, 2.45) is 5.73 Å². The third-order valence-corrected chi connectivity index (χ3v) is 2.03. The molecule has 14 heavy (non-hydrogen) atoms. The highest BCUT2D eigenvalue weighted by Crippen LogP contribution is 2.14. The predicted molar refractivity (Wildman–Crippen MR) is 53.7 cm³/mol. The van der Waals surface area contributed by atoms with Crippen molar-refractivity contribution in [1.82, 2.24) is 0 Å². The number of benzene rings is 1. The first-order valence-corrected chi connectivity index (χ1v) is 4.52. The van der Waals surface area contributed by atoms with Gasteiger partial charge < -0.3 is 5.73 Å². The predicted octanol–water partition coefficient (Wildman–Crippen LogP) is 2.72. The third-order valence-electron chi connectivity index (χ3n) is 2.03. The van der Waals surface area contributed by atoms with E-state index in [1.165, 1.54) is 6.07 Å². The molecule has 76 valence electrons. The van der Waals surface area contributed by atoms with Gasteiger partial charge in [-0.1, -0.05) is 18.6 Å². The fourth-order valence-corrected chi connectivity index (χ4v) is 1.15. The molecule has 0 saturated heterocycles. The first-order valence-electron chi connectivity index (χ1n) is 4.52. The van der Waals surface area contributed by atoms with Gasteiger partial charge in [0.25, 0.3) is 0 Å². The zero-order chi connectivity index (χ0) is 10.6. The lowest BCUT2D eigenvalue weighted by atomic mass is 10.1. The van der Waals surface area contributed by atoms with Crippen LogP contribution in [-0.4, -0.2) is 6.54 Å². The van der Waals surface area contributed by atoms with Crippen LogP contribution in [-0.2, 0) is 0 Å². The summed E-state index contributed by atoms with van der Waals surface area (Å²) in [5.41, 5.74) is 6.59. The molecule has 1 rings (SSSR count). The molecule has 0 aliphatic rings. The molecule has 0 radical (unpaired) electrons. The molecule has 3 heteroatoms. The summed E-state index contributed by atoms with van der Waals surface area (Å²) in [4.78, 5) is 0. The minimum Gasteiger partial charge on any atom is -0.327 e. The summed E-state index contributed by atoms with van der Waals surface area (Å²) in [6, 6.07) is 3.38. The lowest BCUT2D eigenvalue weighted by Crippen LogP contribution is -2.02. The van der Waals surface area contributed by atoms with E-state index in [1.807, 2.05) is 6.92 Å². The SMILES string of the molecule is CC/C(=C/c1cc(F)ccc1F)CN. The van der Waals surface area contributed by atoms with E-state index in [0.29, 0.717) is 6.54 Å². The molecule has 0 atom stereocenters. The van der Waals surface area contributed by atoms with Gasteiger partial charge >= 0.3 is 0 Å². The number of halogens is 2. The summed E-state index contributed by atoms with van der Waals surface area (Å²) in [7, 11) is 0. The zero-order valence-electron chi connectivity index (χ0n) is 8.06. The Balaban J connectivity index is 3.06. The van der Waals surface area contributed by atoms with E-state index < -0.39 is 11.6 Å². The van der Waals surface area contributed by atoms with E-state index in [2.05, 4.69) is 0 Å². The fraction of sp³-hybridized carbons (Fsp3) is 0.273. The van der Waals surface area contributed by atoms with Crippen molar-refractivity contribution in [2.45, 2.75) is 13.3 Å². The summed E-state index contributed by atoms with van der Waals surface area (Å²) in [5, 5.41) is 0. The van der Waals surface area contributed by atoms with Crippen LogP contribution < -0.4 is 5.73 Å². The van der Waals surface area contributed by atoms with Crippen LogP contribution in [0.2, 0.25) is 0 Å². The van der Waals surface area contributed by atoms with E-state index in [4.69, 9.17) is 5.73 Å². The van der Waals surface area contributed by atoms with Gasteiger partial charge in [0.2, 0.25) is 0 Å². The quantitative estimate of drug-likeness (QED) is 0.792. The van der Waals surface area contributed by atoms with Gasteiger partial charge in [-0.2, -0.15) is 0 Å². The molecule has 0 unspecified atom stereocenters. The normalized spacial score (nSPS) is 11.9. The van der Waals surface area contributed by atoms with Gasteiger partial charge in [-0.3, -0.25) is 0 Å².